The second-order valence-electron chi connectivity index (χ2n) is 5.99. The Morgan fingerprint density at radius 3 is 2.21 bits per heavy atom. The molecule has 0 radical (unpaired) electrons. The highest BCUT2D eigenvalue weighted by Crippen LogP contribution is 2.44. The number of hydrogen-bond acceptors (Lipinski definition) is 3. The maximum absolute atomic E-state index is 13.4. The lowest BCUT2D eigenvalue weighted by atomic mass is 9.73. The van der Waals surface area contributed by atoms with Gasteiger partial charge in [-0.1, -0.05) is 60.7 Å². The Hall–Kier alpha value is -2.72. The van der Waals surface area contributed by atoms with Crippen LogP contribution in [0.4, 0.5) is 5.00 Å². The Morgan fingerprint density at radius 2 is 1.54 bits per heavy atom. The Labute approximate surface area is 144 Å². The molecule has 1 unspecified atom stereocenters. The summed E-state index contributed by atoms with van der Waals surface area (Å²) in [5.41, 5.74) is 1.97. The molecule has 4 rings (SSSR count). The summed E-state index contributed by atoms with van der Waals surface area (Å²) in [6.45, 7) is 1.70. The van der Waals surface area contributed by atoms with Crippen LogP contribution in [-0.4, -0.2) is 11.7 Å². The molecule has 2 heterocycles. The van der Waals surface area contributed by atoms with Crippen LogP contribution in [0.5, 0.6) is 0 Å². The lowest BCUT2D eigenvalue weighted by Crippen LogP contribution is -2.48. The number of amides is 1. The maximum atomic E-state index is 13.4. The van der Waals surface area contributed by atoms with Crippen LogP contribution < -0.4 is 5.32 Å². The van der Waals surface area contributed by atoms with E-state index in [1.54, 1.807) is 6.92 Å². The summed E-state index contributed by atoms with van der Waals surface area (Å²) >= 11 is 1.40. The zero-order chi connectivity index (χ0) is 16.7. The van der Waals surface area contributed by atoms with E-state index >= 15 is 0 Å². The molecule has 118 valence electrons. The van der Waals surface area contributed by atoms with Crippen molar-refractivity contribution in [2.75, 3.05) is 5.32 Å². The van der Waals surface area contributed by atoms with E-state index in [-0.39, 0.29) is 11.7 Å². The van der Waals surface area contributed by atoms with Gasteiger partial charge >= 0.3 is 0 Å². The summed E-state index contributed by atoms with van der Waals surface area (Å²) in [6, 6.07) is 19.0. The van der Waals surface area contributed by atoms with E-state index in [1.807, 2.05) is 66.0 Å². The molecular formula is C20H15NO2S. The predicted molar refractivity (Wildman–Crippen MR) is 96.5 cm³/mol. The minimum absolute atomic E-state index is 0.146. The smallest absolute Gasteiger partial charge is 0.243 e. The molecule has 1 aliphatic heterocycles. The highest BCUT2D eigenvalue weighted by atomic mass is 32.1. The van der Waals surface area contributed by atoms with Crippen LogP contribution in [0.2, 0.25) is 0 Å². The Balaban J connectivity index is 1.90. The van der Waals surface area contributed by atoms with Crippen LogP contribution in [-0.2, 0) is 10.2 Å². The van der Waals surface area contributed by atoms with Crippen LogP contribution in [0, 0.1) is 0 Å². The van der Waals surface area contributed by atoms with E-state index in [4.69, 9.17) is 0 Å². The third-order valence-corrected chi connectivity index (χ3v) is 5.48. The highest BCUT2D eigenvalue weighted by Gasteiger charge is 2.48. The number of fused-ring (bicyclic) bond motifs is 1. The first-order chi connectivity index (χ1) is 11.6. The number of ketones is 1. The summed E-state index contributed by atoms with van der Waals surface area (Å²) in [4.78, 5) is 26.1. The van der Waals surface area contributed by atoms with Gasteiger partial charge in [0.1, 0.15) is 10.4 Å². The van der Waals surface area contributed by atoms with Crippen LogP contribution in [0.25, 0.3) is 11.1 Å². The summed E-state index contributed by atoms with van der Waals surface area (Å²) in [7, 11) is 0. The quantitative estimate of drug-likeness (QED) is 0.702. The molecule has 4 heteroatoms. The SMILES string of the molecule is CC1(c2ccccc2)C(=O)Nc2scc(-c3ccccc3)c2C1=O. The monoisotopic (exact) mass is 333 g/mol. The van der Waals surface area contributed by atoms with Gasteiger partial charge in [-0.05, 0) is 18.1 Å². The summed E-state index contributed by atoms with van der Waals surface area (Å²) in [6.07, 6.45) is 0. The average Bonchev–Trinajstić information content (AvgIpc) is 3.05. The number of rotatable bonds is 2. The first-order valence-corrected chi connectivity index (χ1v) is 8.59. The molecule has 0 fully saturated rings. The fraction of sp³-hybridized carbons (Fsp3) is 0.100. The van der Waals surface area contributed by atoms with Crippen molar-refractivity contribution >= 4 is 28.0 Å². The molecule has 0 saturated heterocycles. The minimum Gasteiger partial charge on any atom is -0.316 e. The molecule has 1 aliphatic rings. The largest absolute Gasteiger partial charge is 0.316 e. The van der Waals surface area contributed by atoms with E-state index in [1.165, 1.54) is 11.3 Å². The second-order valence-corrected chi connectivity index (χ2v) is 6.87. The number of Topliss-reactive ketones (excluding diaryl/α,β-unsaturated/α-hetero) is 1. The topological polar surface area (TPSA) is 46.2 Å². The van der Waals surface area contributed by atoms with Gasteiger partial charge in [0, 0.05) is 10.9 Å². The van der Waals surface area contributed by atoms with Crippen LogP contribution in [0.1, 0.15) is 22.8 Å². The molecule has 0 saturated carbocycles. The fourth-order valence-electron chi connectivity index (χ4n) is 3.12. The second kappa shape index (κ2) is 5.42. The predicted octanol–water partition coefficient (Wildman–Crippen LogP) is 4.51. The standard InChI is InChI=1S/C20H15NO2S/c1-20(14-10-6-3-7-11-14)17(22)16-15(13-8-4-2-5-9-13)12-24-18(16)21-19(20)23/h2-12H,1H3,(H,21,23). The molecule has 2 aromatic carbocycles. The summed E-state index contributed by atoms with van der Waals surface area (Å²) < 4.78 is 0. The van der Waals surface area contributed by atoms with E-state index in [0.717, 1.165) is 11.1 Å². The lowest BCUT2D eigenvalue weighted by Gasteiger charge is -2.31. The molecular weight excluding hydrogens is 318 g/mol. The number of benzene rings is 2. The summed E-state index contributed by atoms with van der Waals surface area (Å²) in [5.74, 6) is -0.416. The van der Waals surface area contributed by atoms with Gasteiger partial charge < -0.3 is 5.32 Å². The van der Waals surface area contributed by atoms with Crippen molar-refractivity contribution in [3.8, 4) is 11.1 Å². The van der Waals surface area contributed by atoms with Gasteiger partial charge in [0.15, 0.2) is 5.78 Å². The molecule has 1 N–H and O–H groups in total. The van der Waals surface area contributed by atoms with Crippen molar-refractivity contribution in [2.24, 2.45) is 0 Å². The van der Waals surface area contributed by atoms with Crippen molar-refractivity contribution in [1.29, 1.82) is 0 Å². The highest BCUT2D eigenvalue weighted by molar-refractivity contribution is 7.15. The molecule has 0 aliphatic carbocycles. The molecule has 1 aromatic heterocycles. The van der Waals surface area contributed by atoms with E-state index in [9.17, 15) is 9.59 Å². The van der Waals surface area contributed by atoms with Gasteiger partial charge in [-0.2, -0.15) is 0 Å². The maximum Gasteiger partial charge on any atom is 0.243 e. The molecule has 0 spiro atoms. The Bertz CT molecular complexity index is 931. The van der Waals surface area contributed by atoms with Crippen molar-refractivity contribution in [1.82, 2.24) is 0 Å². The van der Waals surface area contributed by atoms with Crippen LogP contribution in [0.3, 0.4) is 0 Å². The van der Waals surface area contributed by atoms with Gasteiger partial charge in [0.2, 0.25) is 5.91 Å². The lowest BCUT2D eigenvalue weighted by molar-refractivity contribution is -0.119. The van der Waals surface area contributed by atoms with E-state index in [0.29, 0.717) is 16.1 Å². The number of carbonyl (C=O) groups is 2. The van der Waals surface area contributed by atoms with Gasteiger partial charge in [-0.15, -0.1) is 11.3 Å². The van der Waals surface area contributed by atoms with Crippen LogP contribution >= 0.6 is 11.3 Å². The zero-order valence-corrected chi connectivity index (χ0v) is 13.9. The molecule has 3 nitrogen and oxygen atoms in total. The first kappa shape index (κ1) is 14.8. The van der Waals surface area contributed by atoms with Crippen LogP contribution in [0.15, 0.2) is 66.0 Å². The number of nitrogens with one attached hydrogen (secondary N) is 1. The molecule has 3 aromatic rings. The van der Waals surface area contributed by atoms with E-state index < -0.39 is 5.41 Å². The third-order valence-electron chi connectivity index (χ3n) is 4.59. The van der Waals surface area contributed by atoms with Gasteiger partial charge in [-0.3, -0.25) is 9.59 Å². The van der Waals surface area contributed by atoms with Crippen molar-refractivity contribution in [2.45, 2.75) is 12.3 Å². The Morgan fingerprint density at radius 1 is 0.917 bits per heavy atom. The first-order valence-electron chi connectivity index (χ1n) is 7.71. The molecule has 0 bridgehead atoms. The zero-order valence-electron chi connectivity index (χ0n) is 13.1. The number of hydrogen-bond donors (Lipinski definition) is 1. The minimum atomic E-state index is -1.21. The van der Waals surface area contributed by atoms with Gasteiger partial charge in [-0.25, -0.2) is 0 Å². The summed E-state index contributed by atoms with van der Waals surface area (Å²) in [5, 5.41) is 5.50. The normalized spacial score (nSPS) is 19.7. The van der Waals surface area contributed by atoms with Gasteiger partial charge in [0.25, 0.3) is 0 Å². The van der Waals surface area contributed by atoms with Crippen molar-refractivity contribution in [3.05, 3.63) is 77.2 Å². The number of carbonyl (C=O) groups excluding carboxylic acids is 2. The van der Waals surface area contributed by atoms with Crippen molar-refractivity contribution in [3.63, 3.8) is 0 Å². The number of anilines is 1. The Kier molecular flexibility index (Phi) is 3.36. The average molecular weight is 333 g/mol. The number of thiophene rings is 1. The molecule has 1 atom stereocenters. The van der Waals surface area contributed by atoms with E-state index in [2.05, 4.69) is 5.32 Å². The molecule has 1 amide bonds. The van der Waals surface area contributed by atoms with Gasteiger partial charge in [0.05, 0.1) is 5.56 Å². The molecule has 24 heavy (non-hydrogen) atoms. The van der Waals surface area contributed by atoms with Crippen molar-refractivity contribution < 1.29 is 9.59 Å². The third kappa shape index (κ3) is 2.03. The fourth-order valence-corrected chi connectivity index (χ4v) is 4.08.